The van der Waals surface area contributed by atoms with Crippen molar-refractivity contribution in [3.8, 4) is 0 Å². The third-order valence-corrected chi connectivity index (χ3v) is 2.84. The number of nitrogens with zero attached hydrogens (tertiary/aromatic N) is 1. The molecule has 0 aliphatic carbocycles. The summed E-state index contributed by atoms with van der Waals surface area (Å²) in [7, 11) is 1.23. The fourth-order valence-corrected chi connectivity index (χ4v) is 1.50. The number of alkyl halides is 3. The van der Waals surface area contributed by atoms with E-state index < -0.39 is 29.9 Å². The average Bonchev–Trinajstić information content (AvgIpc) is 2.28. The molecule has 3 nitrogen and oxygen atoms in total. The molecule has 8 heteroatoms. The van der Waals surface area contributed by atoms with Crippen LogP contribution in [0.5, 0.6) is 0 Å². The van der Waals surface area contributed by atoms with E-state index >= 15 is 0 Å². The third kappa shape index (κ3) is 4.09. The average molecular weight is 377 g/mol. The van der Waals surface area contributed by atoms with Gasteiger partial charge in [0.1, 0.15) is 5.82 Å². The summed E-state index contributed by atoms with van der Waals surface area (Å²) in [6.45, 7) is 0. The molecule has 100 valence electrons. The van der Waals surface area contributed by atoms with E-state index in [1.54, 1.807) is 0 Å². The lowest BCUT2D eigenvalue weighted by Gasteiger charge is -2.12. The van der Waals surface area contributed by atoms with Crippen LogP contribution in [0.15, 0.2) is 18.2 Å². The smallest absolute Gasteiger partial charge is 0.266 e. The van der Waals surface area contributed by atoms with Gasteiger partial charge in [-0.05, 0) is 17.7 Å². The highest BCUT2D eigenvalue weighted by Crippen LogP contribution is 2.24. The molecule has 1 amide bonds. The summed E-state index contributed by atoms with van der Waals surface area (Å²) in [6, 6.07) is 2.82. The van der Waals surface area contributed by atoms with Gasteiger partial charge in [-0.3, -0.25) is 9.63 Å². The van der Waals surface area contributed by atoms with Gasteiger partial charge < -0.3 is 0 Å². The molecule has 0 aliphatic rings. The summed E-state index contributed by atoms with van der Waals surface area (Å²) in [4.78, 5) is 16.1. The fraction of sp³-hybridized carbons (Fsp3) is 0.300. The number of carbonyl (C=O) groups excluding carboxylic acids is 1. The molecular formula is C10H8F4INO2. The Balaban J connectivity index is 2.96. The van der Waals surface area contributed by atoms with E-state index in [1.165, 1.54) is 30.0 Å². The van der Waals surface area contributed by atoms with E-state index in [4.69, 9.17) is 0 Å². The van der Waals surface area contributed by atoms with Crippen molar-refractivity contribution in [1.82, 2.24) is 3.28 Å². The van der Waals surface area contributed by atoms with Crippen LogP contribution in [0.25, 0.3) is 0 Å². The standard InChI is InChI=1S/C10H8F4INO2/c1-18-16(15)9(17)6-2-3-7(8(11)4-6)5-10(12,13)14/h2-4H,5H2,1H3. The molecule has 0 bridgehead atoms. The molecule has 0 saturated heterocycles. The monoisotopic (exact) mass is 377 g/mol. The normalized spacial score (nSPS) is 11.4. The maximum Gasteiger partial charge on any atom is 0.393 e. The van der Waals surface area contributed by atoms with E-state index in [-0.39, 0.29) is 5.56 Å². The molecule has 0 fully saturated rings. The van der Waals surface area contributed by atoms with Crippen molar-refractivity contribution >= 4 is 28.8 Å². The van der Waals surface area contributed by atoms with Crippen LogP contribution in [0.2, 0.25) is 0 Å². The predicted molar refractivity (Wildman–Crippen MR) is 63.4 cm³/mol. The fourth-order valence-electron chi connectivity index (χ4n) is 1.22. The first-order valence-electron chi connectivity index (χ1n) is 4.64. The van der Waals surface area contributed by atoms with Crippen LogP contribution in [0.3, 0.4) is 0 Å². The lowest BCUT2D eigenvalue weighted by Crippen LogP contribution is -2.20. The number of carbonyl (C=O) groups is 1. The van der Waals surface area contributed by atoms with E-state index in [0.29, 0.717) is 0 Å². The summed E-state index contributed by atoms with van der Waals surface area (Å²) in [5.74, 6) is -1.73. The van der Waals surface area contributed by atoms with Crippen LogP contribution in [0.1, 0.15) is 15.9 Å². The summed E-state index contributed by atoms with van der Waals surface area (Å²) >= 11 is 1.54. The highest BCUT2D eigenvalue weighted by atomic mass is 127. The Morgan fingerprint density at radius 1 is 1.44 bits per heavy atom. The minimum Gasteiger partial charge on any atom is -0.266 e. The second kappa shape index (κ2) is 5.83. The van der Waals surface area contributed by atoms with Gasteiger partial charge in [0.05, 0.1) is 36.4 Å². The van der Waals surface area contributed by atoms with Crippen molar-refractivity contribution in [3.05, 3.63) is 35.1 Å². The van der Waals surface area contributed by atoms with Gasteiger partial charge in [0.15, 0.2) is 0 Å². The SMILES string of the molecule is CON(I)C(=O)c1ccc(CC(F)(F)F)c(F)c1. The molecule has 0 radical (unpaired) electrons. The Hall–Kier alpha value is -0.900. The van der Waals surface area contributed by atoms with Gasteiger partial charge in [0.2, 0.25) is 0 Å². The first-order chi connectivity index (χ1) is 8.24. The Morgan fingerprint density at radius 2 is 2.06 bits per heavy atom. The molecule has 0 aromatic heterocycles. The van der Waals surface area contributed by atoms with E-state index in [9.17, 15) is 22.4 Å². The van der Waals surface area contributed by atoms with Crippen LogP contribution in [0.4, 0.5) is 17.6 Å². The lowest BCUT2D eigenvalue weighted by atomic mass is 10.1. The molecule has 0 atom stereocenters. The zero-order chi connectivity index (χ0) is 13.9. The predicted octanol–water partition coefficient (Wildman–Crippen LogP) is 3.28. The van der Waals surface area contributed by atoms with Gasteiger partial charge in [0, 0.05) is 5.56 Å². The van der Waals surface area contributed by atoms with Crippen molar-refractivity contribution < 1.29 is 27.2 Å². The van der Waals surface area contributed by atoms with Crippen molar-refractivity contribution in [2.75, 3.05) is 7.11 Å². The first kappa shape index (κ1) is 15.2. The Bertz CT molecular complexity index is 450. The van der Waals surface area contributed by atoms with E-state index in [1.807, 2.05) is 0 Å². The molecule has 0 heterocycles. The quantitative estimate of drug-likeness (QED) is 0.350. The Kier molecular flexibility index (Phi) is 4.91. The maximum atomic E-state index is 13.4. The molecule has 0 aliphatic heterocycles. The van der Waals surface area contributed by atoms with Crippen LogP contribution in [0, 0.1) is 5.82 Å². The van der Waals surface area contributed by atoms with E-state index in [2.05, 4.69) is 4.84 Å². The molecule has 0 unspecified atom stereocenters. The number of halogens is 5. The largest absolute Gasteiger partial charge is 0.393 e. The second-order valence-electron chi connectivity index (χ2n) is 3.33. The zero-order valence-corrected chi connectivity index (χ0v) is 11.3. The third-order valence-electron chi connectivity index (χ3n) is 2.01. The molecule has 18 heavy (non-hydrogen) atoms. The Labute approximate surface area is 114 Å². The molecule has 1 aromatic carbocycles. The van der Waals surface area contributed by atoms with Gasteiger partial charge in [-0.1, -0.05) is 6.07 Å². The number of benzene rings is 1. The van der Waals surface area contributed by atoms with Crippen LogP contribution >= 0.6 is 22.9 Å². The highest BCUT2D eigenvalue weighted by Gasteiger charge is 2.29. The first-order valence-corrected chi connectivity index (χ1v) is 5.60. The number of hydroxylamine groups is 1. The van der Waals surface area contributed by atoms with Crippen molar-refractivity contribution in [3.63, 3.8) is 0 Å². The minimum absolute atomic E-state index is 0.0883. The summed E-state index contributed by atoms with van der Waals surface area (Å²) < 4.78 is 50.5. The van der Waals surface area contributed by atoms with Crippen molar-refractivity contribution in [2.24, 2.45) is 0 Å². The number of amides is 1. The second-order valence-corrected chi connectivity index (χ2v) is 4.21. The van der Waals surface area contributed by atoms with Crippen LogP contribution in [-0.2, 0) is 11.3 Å². The minimum atomic E-state index is -4.49. The van der Waals surface area contributed by atoms with Gasteiger partial charge in [-0.2, -0.15) is 16.4 Å². The Morgan fingerprint density at radius 3 is 2.50 bits per heavy atom. The molecule has 0 spiro atoms. The van der Waals surface area contributed by atoms with Crippen LogP contribution < -0.4 is 0 Å². The van der Waals surface area contributed by atoms with Crippen molar-refractivity contribution in [1.29, 1.82) is 0 Å². The summed E-state index contributed by atoms with van der Waals surface area (Å²) in [5, 5.41) is 0. The summed E-state index contributed by atoms with van der Waals surface area (Å²) in [6.07, 6.45) is -5.86. The maximum absolute atomic E-state index is 13.4. The molecule has 1 rings (SSSR count). The van der Waals surface area contributed by atoms with Gasteiger partial charge >= 0.3 is 6.18 Å². The topological polar surface area (TPSA) is 29.5 Å². The number of hydrogen-bond acceptors (Lipinski definition) is 2. The van der Waals surface area contributed by atoms with Gasteiger partial charge in [0.25, 0.3) is 5.91 Å². The van der Waals surface area contributed by atoms with Gasteiger partial charge in [-0.25, -0.2) is 4.39 Å². The highest BCUT2D eigenvalue weighted by molar-refractivity contribution is 14.1. The zero-order valence-electron chi connectivity index (χ0n) is 9.09. The van der Waals surface area contributed by atoms with Crippen molar-refractivity contribution in [2.45, 2.75) is 12.6 Å². The molecular weight excluding hydrogens is 369 g/mol. The van der Waals surface area contributed by atoms with Crippen LogP contribution in [-0.4, -0.2) is 22.5 Å². The lowest BCUT2D eigenvalue weighted by molar-refractivity contribution is -0.127. The van der Waals surface area contributed by atoms with Gasteiger partial charge in [-0.15, -0.1) is 0 Å². The molecule has 0 N–H and O–H groups in total. The number of rotatable bonds is 3. The summed E-state index contributed by atoms with van der Waals surface area (Å²) in [5.41, 5.74) is -0.592. The molecule has 0 saturated carbocycles. The molecule has 1 aromatic rings. The number of hydrogen-bond donors (Lipinski definition) is 0. The van der Waals surface area contributed by atoms with E-state index in [0.717, 1.165) is 21.5 Å².